The van der Waals surface area contributed by atoms with Gasteiger partial charge in [-0.1, -0.05) is 0 Å². The highest BCUT2D eigenvalue weighted by atomic mass is 16.6. The zero-order chi connectivity index (χ0) is 20.4. The summed E-state index contributed by atoms with van der Waals surface area (Å²) in [6, 6.07) is 1.89. The molecule has 1 amide bonds. The SMILES string of the molecule is CCOC(=O)c1c(C2CCN(C(=O)OC(C)(C)C)CC2)cc(C)n(C)c1=O. The smallest absolute Gasteiger partial charge is 0.410 e. The summed E-state index contributed by atoms with van der Waals surface area (Å²) in [6.45, 7) is 10.3. The number of hydrogen-bond donors (Lipinski definition) is 0. The van der Waals surface area contributed by atoms with Crippen molar-refractivity contribution in [2.24, 2.45) is 7.05 Å². The van der Waals surface area contributed by atoms with Gasteiger partial charge >= 0.3 is 12.1 Å². The van der Waals surface area contributed by atoms with E-state index in [1.807, 2.05) is 33.8 Å². The quantitative estimate of drug-likeness (QED) is 0.756. The topological polar surface area (TPSA) is 77.8 Å². The molecule has 7 heteroatoms. The van der Waals surface area contributed by atoms with E-state index in [4.69, 9.17) is 9.47 Å². The summed E-state index contributed by atoms with van der Waals surface area (Å²) in [5, 5.41) is 0. The summed E-state index contributed by atoms with van der Waals surface area (Å²) < 4.78 is 12.0. The molecule has 150 valence electrons. The molecule has 1 saturated heterocycles. The fourth-order valence-electron chi connectivity index (χ4n) is 3.28. The van der Waals surface area contributed by atoms with Crippen molar-refractivity contribution in [2.45, 2.75) is 59.0 Å². The Labute approximate surface area is 160 Å². The van der Waals surface area contributed by atoms with Crippen LogP contribution in [0, 0.1) is 6.92 Å². The first kappa shape index (κ1) is 21.0. The van der Waals surface area contributed by atoms with Gasteiger partial charge in [0.15, 0.2) is 0 Å². The molecule has 1 aromatic rings. The van der Waals surface area contributed by atoms with Crippen molar-refractivity contribution in [2.75, 3.05) is 19.7 Å². The molecule has 1 fully saturated rings. The van der Waals surface area contributed by atoms with E-state index in [2.05, 4.69) is 0 Å². The summed E-state index contributed by atoms with van der Waals surface area (Å²) >= 11 is 0. The third-order valence-corrected chi connectivity index (χ3v) is 4.77. The zero-order valence-electron chi connectivity index (χ0n) is 17.1. The lowest BCUT2D eigenvalue weighted by Crippen LogP contribution is -2.42. The zero-order valence-corrected chi connectivity index (χ0v) is 17.1. The van der Waals surface area contributed by atoms with Crippen molar-refractivity contribution in [3.05, 3.63) is 33.2 Å². The van der Waals surface area contributed by atoms with E-state index >= 15 is 0 Å². The number of hydrogen-bond acceptors (Lipinski definition) is 5. The lowest BCUT2D eigenvalue weighted by Gasteiger charge is -2.34. The fraction of sp³-hybridized carbons (Fsp3) is 0.650. The summed E-state index contributed by atoms with van der Waals surface area (Å²) in [5.74, 6) is -0.557. The number of nitrogens with zero attached hydrogens (tertiary/aromatic N) is 2. The van der Waals surface area contributed by atoms with Crippen LogP contribution in [0.15, 0.2) is 10.9 Å². The summed E-state index contributed by atoms with van der Waals surface area (Å²) in [4.78, 5) is 39.0. The number of aromatic nitrogens is 1. The number of rotatable bonds is 3. The third kappa shape index (κ3) is 4.90. The van der Waals surface area contributed by atoms with E-state index in [1.54, 1.807) is 18.9 Å². The predicted molar refractivity (Wildman–Crippen MR) is 102 cm³/mol. The van der Waals surface area contributed by atoms with Crippen LogP contribution >= 0.6 is 0 Å². The van der Waals surface area contributed by atoms with Crippen LogP contribution in [-0.2, 0) is 16.5 Å². The Hall–Kier alpha value is -2.31. The maximum Gasteiger partial charge on any atom is 0.410 e. The van der Waals surface area contributed by atoms with Gasteiger partial charge < -0.3 is 18.9 Å². The molecule has 0 atom stereocenters. The molecule has 0 spiro atoms. The van der Waals surface area contributed by atoms with E-state index < -0.39 is 11.6 Å². The van der Waals surface area contributed by atoms with E-state index in [0.29, 0.717) is 25.9 Å². The minimum atomic E-state index is -0.581. The first-order valence-electron chi connectivity index (χ1n) is 9.40. The van der Waals surface area contributed by atoms with Gasteiger partial charge in [-0.25, -0.2) is 9.59 Å². The van der Waals surface area contributed by atoms with Crippen LogP contribution in [0.1, 0.15) is 68.1 Å². The van der Waals surface area contributed by atoms with Crippen molar-refractivity contribution in [1.82, 2.24) is 9.47 Å². The van der Waals surface area contributed by atoms with Gasteiger partial charge in [-0.15, -0.1) is 0 Å². The van der Waals surface area contributed by atoms with Gasteiger partial charge in [0.05, 0.1) is 6.61 Å². The van der Waals surface area contributed by atoms with Crippen LogP contribution in [0.25, 0.3) is 0 Å². The minimum Gasteiger partial charge on any atom is -0.462 e. The molecule has 1 aromatic heterocycles. The molecule has 0 N–H and O–H groups in total. The second-order valence-electron chi connectivity index (χ2n) is 7.94. The molecule has 0 aliphatic carbocycles. The highest BCUT2D eigenvalue weighted by Gasteiger charge is 2.31. The van der Waals surface area contributed by atoms with Gasteiger partial charge in [0.1, 0.15) is 11.2 Å². The number of esters is 1. The average molecular weight is 378 g/mol. The van der Waals surface area contributed by atoms with Gasteiger partial charge in [-0.3, -0.25) is 4.79 Å². The predicted octanol–water partition coefficient (Wildman–Crippen LogP) is 2.98. The Balaban J connectivity index is 2.24. The summed E-state index contributed by atoms with van der Waals surface area (Å²) in [5.41, 5.74) is 0.752. The normalized spacial score (nSPS) is 15.6. The van der Waals surface area contributed by atoms with Gasteiger partial charge in [-0.05, 0) is 65.0 Å². The van der Waals surface area contributed by atoms with Gasteiger partial charge in [-0.2, -0.15) is 0 Å². The number of pyridine rings is 1. The Morgan fingerprint density at radius 2 is 1.81 bits per heavy atom. The van der Waals surface area contributed by atoms with E-state index in [9.17, 15) is 14.4 Å². The van der Waals surface area contributed by atoms with Crippen LogP contribution in [-0.4, -0.2) is 46.8 Å². The number of ether oxygens (including phenoxy) is 2. The molecule has 0 aromatic carbocycles. The van der Waals surface area contributed by atoms with E-state index in [-0.39, 0.29) is 29.7 Å². The Kier molecular flexibility index (Phi) is 6.34. The van der Waals surface area contributed by atoms with Gasteiger partial charge in [0, 0.05) is 25.8 Å². The van der Waals surface area contributed by atoms with Crippen LogP contribution in [0.5, 0.6) is 0 Å². The van der Waals surface area contributed by atoms with Crippen molar-refractivity contribution in [3.63, 3.8) is 0 Å². The first-order chi connectivity index (χ1) is 12.5. The Morgan fingerprint density at radius 1 is 1.22 bits per heavy atom. The summed E-state index contributed by atoms with van der Waals surface area (Å²) in [6.07, 6.45) is 1.00. The number of carbonyl (C=O) groups is 2. The molecular formula is C20H30N2O5. The molecule has 27 heavy (non-hydrogen) atoms. The molecule has 7 nitrogen and oxygen atoms in total. The number of piperidine rings is 1. The van der Waals surface area contributed by atoms with E-state index in [1.165, 1.54) is 4.57 Å². The van der Waals surface area contributed by atoms with Crippen molar-refractivity contribution >= 4 is 12.1 Å². The molecule has 1 aliphatic heterocycles. The minimum absolute atomic E-state index is 0.0238. The first-order valence-corrected chi connectivity index (χ1v) is 9.40. The van der Waals surface area contributed by atoms with Crippen molar-refractivity contribution in [1.29, 1.82) is 0 Å². The maximum absolute atomic E-state index is 12.7. The molecule has 1 aliphatic rings. The Bertz CT molecular complexity index is 768. The number of carbonyl (C=O) groups excluding carboxylic acids is 2. The molecule has 0 bridgehead atoms. The maximum atomic E-state index is 12.7. The number of likely N-dealkylation sites (tertiary alicyclic amines) is 1. The Morgan fingerprint density at radius 3 is 2.33 bits per heavy atom. The molecule has 0 radical (unpaired) electrons. The number of amides is 1. The second-order valence-corrected chi connectivity index (χ2v) is 7.94. The highest BCUT2D eigenvalue weighted by molar-refractivity contribution is 5.91. The van der Waals surface area contributed by atoms with Crippen molar-refractivity contribution in [3.8, 4) is 0 Å². The fourth-order valence-corrected chi connectivity index (χ4v) is 3.28. The number of aryl methyl sites for hydroxylation is 1. The second kappa shape index (κ2) is 8.15. The molecule has 2 rings (SSSR count). The average Bonchev–Trinajstić information content (AvgIpc) is 2.58. The highest BCUT2D eigenvalue weighted by Crippen LogP contribution is 2.31. The van der Waals surface area contributed by atoms with E-state index in [0.717, 1.165) is 11.3 Å². The monoisotopic (exact) mass is 378 g/mol. The molecular weight excluding hydrogens is 348 g/mol. The lowest BCUT2D eigenvalue weighted by molar-refractivity contribution is 0.0203. The van der Waals surface area contributed by atoms with Crippen molar-refractivity contribution < 1.29 is 19.1 Å². The molecule has 2 heterocycles. The van der Waals surface area contributed by atoms with Gasteiger partial charge in [0.25, 0.3) is 5.56 Å². The van der Waals surface area contributed by atoms with Gasteiger partial charge in [0.2, 0.25) is 0 Å². The van der Waals surface area contributed by atoms with Crippen LogP contribution in [0.3, 0.4) is 0 Å². The van der Waals surface area contributed by atoms with Crippen LogP contribution in [0.4, 0.5) is 4.79 Å². The van der Waals surface area contributed by atoms with Crippen LogP contribution < -0.4 is 5.56 Å². The molecule has 0 unspecified atom stereocenters. The lowest BCUT2D eigenvalue weighted by atomic mass is 9.86. The molecule has 0 saturated carbocycles. The third-order valence-electron chi connectivity index (χ3n) is 4.77. The van der Waals surface area contributed by atoms with Crippen LogP contribution in [0.2, 0.25) is 0 Å². The summed E-state index contributed by atoms with van der Waals surface area (Å²) in [7, 11) is 1.65. The standard InChI is InChI=1S/C20H30N2O5/c1-7-26-18(24)16-15(12-13(2)21(6)17(16)23)14-8-10-22(11-9-14)19(25)27-20(3,4)5/h12,14H,7-11H2,1-6H3. The largest absolute Gasteiger partial charge is 0.462 e.